The zero-order valence-electron chi connectivity index (χ0n) is 18.1. The third-order valence-corrected chi connectivity index (χ3v) is 7.95. The first kappa shape index (κ1) is 20.5. The molecule has 0 saturated carbocycles. The molecule has 1 aliphatic heterocycles. The molecule has 1 aliphatic carbocycles. The Morgan fingerprint density at radius 1 is 1.07 bits per heavy atom. The molecule has 0 spiro atoms. The summed E-state index contributed by atoms with van der Waals surface area (Å²) in [5.41, 5.74) is 5.77. The quantitative estimate of drug-likeness (QED) is 0.715. The second-order valence-electron chi connectivity index (χ2n) is 9.28. The van der Waals surface area contributed by atoms with Gasteiger partial charge in [0.2, 0.25) is 0 Å². The topological polar surface area (TPSA) is 42.3 Å². The molecule has 0 N–H and O–H groups in total. The minimum absolute atomic E-state index is 0.0281. The van der Waals surface area contributed by atoms with Gasteiger partial charge in [-0.2, -0.15) is 0 Å². The number of carbonyl (C=O) groups is 1. The maximum Gasteiger partial charge on any atom is 0.165 e. The SMILES string of the molecule is CCn1c(C)c(Cc2ccc(S(=O)N3CCCC3)cc2)c2c1CC(C)(C)CC2=O. The molecule has 1 fully saturated rings. The van der Waals surface area contributed by atoms with Crippen molar-refractivity contribution in [2.75, 3.05) is 13.1 Å². The van der Waals surface area contributed by atoms with Gasteiger partial charge in [-0.1, -0.05) is 26.0 Å². The van der Waals surface area contributed by atoms with Crippen LogP contribution >= 0.6 is 0 Å². The van der Waals surface area contributed by atoms with Gasteiger partial charge in [-0.05, 0) is 68.2 Å². The van der Waals surface area contributed by atoms with Gasteiger partial charge in [0.05, 0.1) is 4.90 Å². The van der Waals surface area contributed by atoms with E-state index in [4.69, 9.17) is 0 Å². The predicted molar refractivity (Wildman–Crippen MR) is 118 cm³/mol. The molecule has 1 aromatic carbocycles. The highest BCUT2D eigenvalue weighted by molar-refractivity contribution is 7.82. The number of aromatic nitrogens is 1. The first-order valence-corrected chi connectivity index (χ1v) is 11.9. The number of Topliss-reactive ketones (excluding diaryl/α,β-unsaturated/α-hetero) is 1. The molecule has 0 bridgehead atoms. The van der Waals surface area contributed by atoms with E-state index in [1.165, 1.54) is 22.5 Å². The second kappa shape index (κ2) is 7.84. The maximum atomic E-state index is 13.0. The number of fused-ring (bicyclic) bond motifs is 1. The number of nitrogens with zero attached hydrogens (tertiary/aromatic N) is 2. The van der Waals surface area contributed by atoms with E-state index in [-0.39, 0.29) is 11.2 Å². The van der Waals surface area contributed by atoms with Gasteiger partial charge in [-0.15, -0.1) is 0 Å². The lowest BCUT2D eigenvalue weighted by Gasteiger charge is -2.30. The van der Waals surface area contributed by atoms with Gasteiger partial charge < -0.3 is 4.57 Å². The molecule has 1 aromatic heterocycles. The molecule has 1 unspecified atom stereocenters. The summed E-state index contributed by atoms with van der Waals surface area (Å²) in [4.78, 5) is 13.9. The van der Waals surface area contributed by atoms with Crippen LogP contribution in [0.2, 0.25) is 0 Å². The third-order valence-electron chi connectivity index (χ3n) is 6.44. The highest BCUT2D eigenvalue weighted by Crippen LogP contribution is 2.39. The number of benzene rings is 1. The standard InChI is InChI=1S/C24H32N2O2S/c1-5-26-17(2)20(23-21(26)15-24(3,4)16-22(23)27)14-18-8-10-19(11-9-18)29(28)25-12-6-7-13-25/h8-11H,5-7,12-16H2,1-4H3. The molecule has 1 atom stereocenters. The van der Waals surface area contributed by atoms with Gasteiger partial charge >= 0.3 is 0 Å². The minimum atomic E-state index is -1.06. The van der Waals surface area contributed by atoms with Crippen molar-refractivity contribution in [3.05, 3.63) is 52.3 Å². The lowest BCUT2D eigenvalue weighted by molar-refractivity contribution is 0.0909. The molecule has 2 aromatic rings. The zero-order valence-corrected chi connectivity index (χ0v) is 18.9. The number of rotatable bonds is 5. The maximum absolute atomic E-state index is 13.0. The largest absolute Gasteiger partial charge is 0.348 e. The molecule has 156 valence electrons. The van der Waals surface area contributed by atoms with Gasteiger partial charge in [0, 0.05) is 43.0 Å². The van der Waals surface area contributed by atoms with Crippen molar-refractivity contribution < 1.29 is 9.00 Å². The van der Waals surface area contributed by atoms with Crippen molar-refractivity contribution in [2.45, 2.75) is 71.2 Å². The summed E-state index contributed by atoms with van der Waals surface area (Å²) in [6.45, 7) is 11.4. The Labute approximate surface area is 176 Å². The average Bonchev–Trinajstić information content (AvgIpc) is 3.28. The summed E-state index contributed by atoms with van der Waals surface area (Å²) in [5, 5.41) is 0. The molecule has 29 heavy (non-hydrogen) atoms. The Morgan fingerprint density at radius 2 is 1.72 bits per heavy atom. The minimum Gasteiger partial charge on any atom is -0.348 e. The van der Waals surface area contributed by atoms with Crippen LogP contribution in [-0.4, -0.2) is 32.0 Å². The zero-order chi connectivity index (χ0) is 20.8. The van der Waals surface area contributed by atoms with Crippen molar-refractivity contribution in [1.82, 2.24) is 8.87 Å². The summed E-state index contributed by atoms with van der Waals surface area (Å²) in [6.07, 6.45) is 4.59. The van der Waals surface area contributed by atoms with Crippen LogP contribution in [0.1, 0.15) is 72.9 Å². The fourth-order valence-electron chi connectivity index (χ4n) is 4.98. The first-order chi connectivity index (χ1) is 13.8. The average molecular weight is 413 g/mol. The van der Waals surface area contributed by atoms with Crippen LogP contribution in [0.3, 0.4) is 0 Å². The Bertz CT molecular complexity index is 950. The smallest absolute Gasteiger partial charge is 0.165 e. The van der Waals surface area contributed by atoms with Gasteiger partial charge in [-0.25, -0.2) is 8.51 Å². The molecular weight excluding hydrogens is 380 g/mol. The Hall–Kier alpha value is -1.72. The normalized spacial score (nSPS) is 20.1. The Morgan fingerprint density at radius 3 is 2.34 bits per heavy atom. The second-order valence-corrected chi connectivity index (χ2v) is 10.8. The van der Waals surface area contributed by atoms with Gasteiger partial charge in [0.1, 0.15) is 11.0 Å². The molecule has 2 heterocycles. The Balaban J connectivity index is 1.62. The van der Waals surface area contributed by atoms with Crippen molar-refractivity contribution in [3.63, 3.8) is 0 Å². The van der Waals surface area contributed by atoms with E-state index in [1.807, 2.05) is 12.1 Å². The van der Waals surface area contributed by atoms with Crippen LogP contribution < -0.4 is 0 Å². The van der Waals surface area contributed by atoms with E-state index < -0.39 is 11.0 Å². The summed E-state index contributed by atoms with van der Waals surface area (Å²) >= 11 is 0. The molecular formula is C24H32N2O2S. The van der Waals surface area contributed by atoms with Crippen LogP contribution in [0, 0.1) is 12.3 Å². The van der Waals surface area contributed by atoms with Crippen LogP contribution in [0.15, 0.2) is 29.2 Å². The van der Waals surface area contributed by atoms with Crippen molar-refractivity contribution in [1.29, 1.82) is 0 Å². The number of ketones is 1. The summed E-state index contributed by atoms with van der Waals surface area (Å²) in [5.74, 6) is 0.285. The highest BCUT2D eigenvalue weighted by Gasteiger charge is 2.36. The molecule has 5 heteroatoms. The summed E-state index contributed by atoms with van der Waals surface area (Å²) in [6, 6.07) is 8.14. The van der Waals surface area contributed by atoms with Crippen LogP contribution in [0.5, 0.6) is 0 Å². The lowest BCUT2D eigenvalue weighted by Crippen LogP contribution is -2.28. The van der Waals surface area contributed by atoms with Gasteiger partial charge in [0.25, 0.3) is 0 Å². The fraction of sp³-hybridized carbons (Fsp3) is 0.542. The van der Waals surface area contributed by atoms with Crippen LogP contribution in [0.25, 0.3) is 0 Å². The molecule has 2 aliphatic rings. The molecule has 4 rings (SSSR count). The van der Waals surface area contributed by atoms with E-state index in [9.17, 15) is 9.00 Å². The van der Waals surface area contributed by atoms with E-state index in [0.717, 1.165) is 55.8 Å². The summed E-state index contributed by atoms with van der Waals surface area (Å²) in [7, 11) is -1.06. The fourth-order valence-corrected chi connectivity index (χ4v) is 6.24. The Kier molecular flexibility index (Phi) is 5.56. The molecule has 0 amide bonds. The first-order valence-electron chi connectivity index (χ1n) is 10.8. The van der Waals surface area contributed by atoms with E-state index in [1.54, 1.807) is 0 Å². The third kappa shape index (κ3) is 3.87. The molecule has 0 radical (unpaired) electrons. The highest BCUT2D eigenvalue weighted by atomic mass is 32.2. The predicted octanol–water partition coefficient (Wildman–Crippen LogP) is 4.68. The lowest BCUT2D eigenvalue weighted by atomic mass is 9.75. The number of hydrogen-bond donors (Lipinski definition) is 0. The van der Waals surface area contributed by atoms with Gasteiger partial charge in [-0.3, -0.25) is 4.79 Å². The van der Waals surface area contributed by atoms with Crippen LogP contribution in [-0.2, 0) is 30.4 Å². The molecule has 1 saturated heterocycles. The van der Waals surface area contributed by atoms with Gasteiger partial charge in [0.15, 0.2) is 5.78 Å². The monoisotopic (exact) mass is 412 g/mol. The number of carbonyl (C=O) groups excluding carboxylic acids is 1. The van der Waals surface area contributed by atoms with Crippen molar-refractivity contribution in [3.8, 4) is 0 Å². The van der Waals surface area contributed by atoms with Crippen LogP contribution in [0.4, 0.5) is 0 Å². The summed E-state index contributed by atoms with van der Waals surface area (Å²) < 4.78 is 17.1. The molecule has 4 nitrogen and oxygen atoms in total. The van der Waals surface area contributed by atoms with Crippen molar-refractivity contribution in [2.24, 2.45) is 5.41 Å². The van der Waals surface area contributed by atoms with E-state index in [2.05, 4.69) is 48.7 Å². The van der Waals surface area contributed by atoms with E-state index >= 15 is 0 Å². The van der Waals surface area contributed by atoms with E-state index in [0.29, 0.717) is 6.42 Å². The van der Waals surface area contributed by atoms with Crippen molar-refractivity contribution >= 4 is 16.8 Å². The number of hydrogen-bond acceptors (Lipinski definition) is 2.